The number of piperidine rings is 1. The first kappa shape index (κ1) is 32.7. The van der Waals surface area contributed by atoms with E-state index in [1.165, 1.54) is 0 Å². The number of fused-ring (bicyclic) bond motifs is 1. The van der Waals surface area contributed by atoms with Crippen LogP contribution in [0.3, 0.4) is 0 Å². The summed E-state index contributed by atoms with van der Waals surface area (Å²) in [7, 11) is 1.69. The summed E-state index contributed by atoms with van der Waals surface area (Å²) in [6.45, 7) is 13.9. The largest absolute Gasteiger partial charge is 0.444 e. The monoisotopic (exact) mass is 599 g/mol. The molecule has 11 heteroatoms. The van der Waals surface area contributed by atoms with Crippen molar-refractivity contribution in [3.8, 4) is 0 Å². The Bertz CT molecular complexity index is 1250. The predicted molar refractivity (Wildman–Crippen MR) is 164 cm³/mol. The Morgan fingerprint density at radius 1 is 1.07 bits per heavy atom. The normalized spacial score (nSPS) is 19.6. The van der Waals surface area contributed by atoms with Crippen LogP contribution in [0.1, 0.15) is 64.5 Å². The van der Waals surface area contributed by atoms with Gasteiger partial charge in [0.2, 0.25) is 5.91 Å². The smallest absolute Gasteiger partial charge is 0.410 e. The van der Waals surface area contributed by atoms with E-state index >= 15 is 0 Å². The summed E-state index contributed by atoms with van der Waals surface area (Å²) in [6, 6.07) is 7.41. The highest BCUT2D eigenvalue weighted by atomic mass is 16.6. The third-order valence-corrected chi connectivity index (χ3v) is 7.84. The molecule has 11 nitrogen and oxygen atoms in total. The van der Waals surface area contributed by atoms with E-state index in [0.29, 0.717) is 58.2 Å². The molecule has 1 aromatic heterocycles. The molecule has 4 rings (SSSR count). The van der Waals surface area contributed by atoms with Gasteiger partial charge in [0.1, 0.15) is 5.60 Å². The average molecular weight is 600 g/mol. The second-order valence-corrected chi connectivity index (χ2v) is 13.0. The van der Waals surface area contributed by atoms with Gasteiger partial charge in [0.05, 0.1) is 36.2 Å². The Balaban J connectivity index is 1.68. The number of methoxy groups -OCH3 is 1. The number of aromatic nitrogens is 2. The molecule has 0 aliphatic carbocycles. The molecule has 2 aliphatic rings. The van der Waals surface area contributed by atoms with E-state index in [9.17, 15) is 14.4 Å². The number of ether oxygens (including phenoxy) is 3. The second-order valence-electron chi connectivity index (χ2n) is 13.0. The lowest BCUT2D eigenvalue weighted by Gasteiger charge is -2.44. The van der Waals surface area contributed by atoms with Gasteiger partial charge >= 0.3 is 6.09 Å². The van der Waals surface area contributed by atoms with Crippen molar-refractivity contribution < 1.29 is 28.6 Å². The van der Waals surface area contributed by atoms with E-state index < -0.39 is 17.6 Å². The number of rotatable bonds is 10. The molecule has 0 spiro atoms. The number of likely N-dealkylation sites (tertiary alicyclic amines) is 1. The van der Waals surface area contributed by atoms with Gasteiger partial charge in [-0.3, -0.25) is 9.59 Å². The number of carbonyl (C=O) groups is 3. The first-order valence-electron chi connectivity index (χ1n) is 15.6. The molecule has 0 N–H and O–H groups in total. The number of unbranched alkanes of at least 4 members (excludes halogenated alkanes) is 1. The molecular weight excluding hydrogens is 550 g/mol. The molecular formula is C32H49N5O6. The SMILES string of the molecule is COCCCCn1c(C(=O)N(CC(C)C)C2CC(C(=O)N3CCOCC3)CN(C(=O)OC(C)(C)C)C2)nc2ccccc21. The second kappa shape index (κ2) is 14.5. The molecule has 0 saturated carbocycles. The Hall–Kier alpha value is -3.18. The summed E-state index contributed by atoms with van der Waals surface area (Å²) in [5, 5.41) is 0. The minimum absolute atomic E-state index is 0.0103. The number of hydrogen-bond donors (Lipinski definition) is 0. The molecule has 2 aromatic rings. The Kier molecular flexibility index (Phi) is 11.1. The van der Waals surface area contributed by atoms with Crippen LogP contribution in [0, 0.1) is 11.8 Å². The van der Waals surface area contributed by atoms with Crippen molar-refractivity contribution >= 4 is 28.9 Å². The van der Waals surface area contributed by atoms with Crippen molar-refractivity contribution in [1.29, 1.82) is 0 Å². The number of morpholine rings is 1. The van der Waals surface area contributed by atoms with Crippen LogP contribution in [0.15, 0.2) is 24.3 Å². The molecule has 0 radical (unpaired) electrons. The number of nitrogens with zero attached hydrogens (tertiary/aromatic N) is 5. The molecule has 3 amide bonds. The number of imidazole rings is 1. The average Bonchev–Trinajstić information content (AvgIpc) is 3.35. The molecule has 2 atom stereocenters. The molecule has 2 saturated heterocycles. The fourth-order valence-electron chi connectivity index (χ4n) is 5.90. The molecule has 2 unspecified atom stereocenters. The molecule has 43 heavy (non-hydrogen) atoms. The van der Waals surface area contributed by atoms with Crippen LogP contribution < -0.4 is 0 Å². The van der Waals surface area contributed by atoms with E-state index in [1.54, 1.807) is 12.0 Å². The minimum atomic E-state index is -0.686. The number of carbonyl (C=O) groups excluding carboxylic acids is 3. The topological polar surface area (TPSA) is 106 Å². The van der Waals surface area contributed by atoms with Crippen LogP contribution in [-0.2, 0) is 25.5 Å². The third kappa shape index (κ3) is 8.47. The van der Waals surface area contributed by atoms with Gasteiger partial charge in [-0.2, -0.15) is 0 Å². The molecule has 2 aliphatic heterocycles. The Morgan fingerprint density at radius 3 is 2.47 bits per heavy atom. The van der Waals surface area contributed by atoms with Gasteiger partial charge in [0.25, 0.3) is 5.91 Å². The van der Waals surface area contributed by atoms with Crippen molar-refractivity contribution in [3.63, 3.8) is 0 Å². The quantitative estimate of drug-likeness (QED) is 0.380. The number of benzene rings is 1. The highest BCUT2D eigenvalue weighted by Gasteiger charge is 2.41. The lowest BCUT2D eigenvalue weighted by molar-refractivity contribution is -0.142. The zero-order valence-corrected chi connectivity index (χ0v) is 26.7. The first-order chi connectivity index (χ1) is 20.5. The molecule has 3 heterocycles. The zero-order valence-electron chi connectivity index (χ0n) is 26.7. The summed E-state index contributed by atoms with van der Waals surface area (Å²) in [4.78, 5) is 51.7. The van der Waals surface area contributed by atoms with E-state index in [0.717, 1.165) is 23.9 Å². The van der Waals surface area contributed by atoms with Crippen LogP contribution in [0.4, 0.5) is 4.79 Å². The van der Waals surface area contributed by atoms with Crippen LogP contribution >= 0.6 is 0 Å². The van der Waals surface area contributed by atoms with Gasteiger partial charge in [-0.25, -0.2) is 9.78 Å². The van der Waals surface area contributed by atoms with Gasteiger partial charge < -0.3 is 33.5 Å². The molecule has 1 aromatic carbocycles. The van der Waals surface area contributed by atoms with E-state index in [-0.39, 0.29) is 36.9 Å². The molecule has 238 valence electrons. The number of amides is 3. The maximum absolute atomic E-state index is 14.5. The van der Waals surface area contributed by atoms with Gasteiger partial charge in [0, 0.05) is 53.0 Å². The lowest BCUT2D eigenvalue weighted by atomic mass is 9.91. The first-order valence-corrected chi connectivity index (χ1v) is 15.6. The van der Waals surface area contributed by atoms with Gasteiger partial charge in [-0.05, 0) is 58.1 Å². The summed E-state index contributed by atoms with van der Waals surface area (Å²) >= 11 is 0. The Labute approximate surface area is 255 Å². The minimum Gasteiger partial charge on any atom is -0.444 e. The number of aryl methyl sites for hydroxylation is 1. The maximum Gasteiger partial charge on any atom is 0.410 e. The lowest BCUT2D eigenvalue weighted by Crippen LogP contribution is -2.58. The summed E-state index contributed by atoms with van der Waals surface area (Å²) in [5.41, 5.74) is 0.989. The van der Waals surface area contributed by atoms with E-state index in [1.807, 2.05) is 59.4 Å². The molecule has 2 fully saturated rings. The van der Waals surface area contributed by atoms with Gasteiger partial charge in [0.15, 0.2) is 5.82 Å². The van der Waals surface area contributed by atoms with Crippen LogP contribution in [0.5, 0.6) is 0 Å². The summed E-state index contributed by atoms with van der Waals surface area (Å²) < 4.78 is 18.5. The zero-order chi connectivity index (χ0) is 31.1. The van der Waals surface area contributed by atoms with E-state index in [4.69, 9.17) is 19.2 Å². The fraction of sp³-hybridized carbons (Fsp3) is 0.688. The standard InChI is InChI=1S/C32H49N5O6/c1-23(2)20-37(30(39)28-33-26-11-7-8-12-27(26)36(28)13-9-10-16-41-6)25-19-24(29(38)34-14-17-42-18-15-34)21-35(22-25)31(40)43-32(3,4)5/h7-8,11-12,23-25H,9-10,13-22H2,1-6H3. The van der Waals surface area contributed by atoms with Crippen LogP contribution in [-0.4, -0.2) is 113 Å². The van der Waals surface area contributed by atoms with Crippen molar-refractivity contribution in [2.45, 2.75) is 72.1 Å². The fourth-order valence-corrected chi connectivity index (χ4v) is 5.90. The van der Waals surface area contributed by atoms with E-state index in [2.05, 4.69) is 13.8 Å². The highest BCUT2D eigenvalue weighted by molar-refractivity contribution is 5.95. The van der Waals surface area contributed by atoms with Gasteiger partial charge in [-0.15, -0.1) is 0 Å². The van der Waals surface area contributed by atoms with Crippen LogP contribution in [0.2, 0.25) is 0 Å². The third-order valence-electron chi connectivity index (χ3n) is 7.84. The van der Waals surface area contributed by atoms with Gasteiger partial charge in [-0.1, -0.05) is 26.0 Å². The van der Waals surface area contributed by atoms with Crippen molar-refractivity contribution in [2.24, 2.45) is 11.8 Å². The highest BCUT2D eigenvalue weighted by Crippen LogP contribution is 2.28. The predicted octanol–water partition coefficient (Wildman–Crippen LogP) is 4.05. The maximum atomic E-state index is 14.5. The molecule has 0 bridgehead atoms. The van der Waals surface area contributed by atoms with Crippen molar-refractivity contribution in [1.82, 2.24) is 24.3 Å². The number of para-hydroxylation sites is 2. The summed E-state index contributed by atoms with van der Waals surface area (Å²) in [5.74, 6) is -0.118. The number of hydrogen-bond acceptors (Lipinski definition) is 7. The van der Waals surface area contributed by atoms with Crippen molar-refractivity contribution in [2.75, 3.05) is 59.7 Å². The summed E-state index contributed by atoms with van der Waals surface area (Å²) in [6.07, 6.45) is 1.69. The van der Waals surface area contributed by atoms with Crippen molar-refractivity contribution in [3.05, 3.63) is 30.1 Å². The van der Waals surface area contributed by atoms with Crippen LogP contribution in [0.25, 0.3) is 11.0 Å². The Morgan fingerprint density at radius 2 is 1.79 bits per heavy atom.